The molecule has 8 nitrogen and oxygen atoms in total. The SMILES string of the molecule is N[C@H](C(=O)Nc1cncc(F)c1CC[C@H]1CN[C@@H]2CCCS(=O)(=O)N1C2)[C@@H](c1ccc(Cl)c(F)c1)C1CCCCC1. The molecule has 4 N–H and O–H groups in total. The molecule has 2 saturated heterocycles. The summed E-state index contributed by atoms with van der Waals surface area (Å²) in [5, 5.41) is 6.22. The second-order valence-corrected chi connectivity index (χ2v) is 14.0. The maximum atomic E-state index is 15.1. The average molecular weight is 610 g/mol. The van der Waals surface area contributed by atoms with Gasteiger partial charge in [0.05, 0.1) is 34.9 Å². The minimum atomic E-state index is -3.38. The molecule has 1 saturated carbocycles. The molecule has 224 valence electrons. The van der Waals surface area contributed by atoms with Gasteiger partial charge >= 0.3 is 0 Å². The van der Waals surface area contributed by atoms with Crippen LogP contribution >= 0.6 is 11.6 Å². The lowest BCUT2D eigenvalue weighted by Crippen LogP contribution is -2.57. The van der Waals surface area contributed by atoms with E-state index in [-0.39, 0.29) is 46.4 Å². The van der Waals surface area contributed by atoms with Crippen LogP contribution < -0.4 is 16.4 Å². The Morgan fingerprint density at radius 2 is 1.93 bits per heavy atom. The van der Waals surface area contributed by atoms with E-state index in [4.69, 9.17) is 17.3 Å². The van der Waals surface area contributed by atoms with Crippen LogP contribution in [0.2, 0.25) is 5.02 Å². The first-order valence-electron chi connectivity index (χ1n) is 14.5. The summed E-state index contributed by atoms with van der Waals surface area (Å²) in [4.78, 5) is 17.5. The van der Waals surface area contributed by atoms with Gasteiger partial charge in [-0.15, -0.1) is 0 Å². The van der Waals surface area contributed by atoms with Gasteiger partial charge in [0.15, 0.2) is 0 Å². The molecular weight excluding hydrogens is 572 g/mol. The van der Waals surface area contributed by atoms with Gasteiger partial charge in [0.2, 0.25) is 15.9 Å². The number of carbonyl (C=O) groups is 1. The van der Waals surface area contributed by atoms with Gasteiger partial charge < -0.3 is 16.4 Å². The molecule has 1 aromatic carbocycles. The second kappa shape index (κ2) is 13.0. The van der Waals surface area contributed by atoms with Gasteiger partial charge in [0, 0.05) is 36.7 Å². The molecule has 1 aromatic heterocycles. The van der Waals surface area contributed by atoms with Gasteiger partial charge in [-0.25, -0.2) is 17.2 Å². The average Bonchev–Trinajstić information content (AvgIpc) is 3.07. The number of rotatable bonds is 8. The lowest BCUT2D eigenvalue weighted by atomic mass is 9.73. The highest BCUT2D eigenvalue weighted by Gasteiger charge is 2.38. The number of amides is 1. The third-order valence-electron chi connectivity index (χ3n) is 8.93. The Morgan fingerprint density at radius 1 is 1.15 bits per heavy atom. The number of piperazine rings is 1. The number of benzene rings is 1. The third kappa shape index (κ3) is 6.91. The van der Waals surface area contributed by atoms with Crippen molar-refractivity contribution in [2.75, 3.05) is 24.2 Å². The maximum absolute atomic E-state index is 15.1. The molecule has 0 radical (unpaired) electrons. The van der Waals surface area contributed by atoms with Crippen molar-refractivity contribution in [2.45, 2.75) is 81.8 Å². The predicted octanol–water partition coefficient (Wildman–Crippen LogP) is 4.34. The summed E-state index contributed by atoms with van der Waals surface area (Å²) in [6.07, 6.45) is 9.35. The Morgan fingerprint density at radius 3 is 2.68 bits per heavy atom. The molecule has 1 amide bonds. The Balaban J connectivity index is 1.34. The fourth-order valence-electron chi connectivity index (χ4n) is 6.74. The van der Waals surface area contributed by atoms with E-state index in [2.05, 4.69) is 15.6 Å². The van der Waals surface area contributed by atoms with Crippen molar-refractivity contribution in [2.24, 2.45) is 11.7 Å². The van der Waals surface area contributed by atoms with Crippen LogP contribution in [0, 0.1) is 17.6 Å². The van der Waals surface area contributed by atoms with Crippen molar-refractivity contribution in [1.29, 1.82) is 0 Å². The molecular formula is C29H38ClF2N5O3S. The van der Waals surface area contributed by atoms with E-state index in [1.807, 2.05) is 0 Å². The van der Waals surface area contributed by atoms with Crippen LogP contribution in [0.15, 0.2) is 30.6 Å². The first kappa shape index (κ1) is 30.3. The Labute approximate surface area is 245 Å². The highest BCUT2D eigenvalue weighted by atomic mass is 35.5. The zero-order valence-electron chi connectivity index (χ0n) is 23.0. The molecule has 1 aliphatic carbocycles. The van der Waals surface area contributed by atoms with Crippen LogP contribution in [0.25, 0.3) is 0 Å². The van der Waals surface area contributed by atoms with Gasteiger partial charge in [-0.3, -0.25) is 9.78 Å². The molecule has 0 spiro atoms. The van der Waals surface area contributed by atoms with E-state index in [1.165, 1.54) is 18.3 Å². The fourth-order valence-corrected chi connectivity index (χ4v) is 8.67. The van der Waals surface area contributed by atoms with E-state index >= 15 is 4.39 Å². The summed E-state index contributed by atoms with van der Waals surface area (Å²) in [5.41, 5.74) is 7.64. The number of anilines is 1. The number of carbonyl (C=O) groups excluding carboxylic acids is 1. The highest BCUT2D eigenvalue weighted by molar-refractivity contribution is 7.89. The van der Waals surface area contributed by atoms with E-state index < -0.39 is 39.5 Å². The number of nitrogens with two attached hydrogens (primary N) is 1. The van der Waals surface area contributed by atoms with Crippen molar-refractivity contribution in [3.05, 3.63) is 58.4 Å². The van der Waals surface area contributed by atoms with Crippen LogP contribution in [0.5, 0.6) is 0 Å². The zero-order valence-corrected chi connectivity index (χ0v) is 24.6. The molecule has 3 aliphatic rings. The largest absolute Gasteiger partial charge is 0.323 e. The van der Waals surface area contributed by atoms with Gasteiger partial charge in [0.1, 0.15) is 11.6 Å². The summed E-state index contributed by atoms with van der Waals surface area (Å²) < 4.78 is 56.8. The van der Waals surface area contributed by atoms with Gasteiger partial charge in [-0.2, -0.15) is 4.31 Å². The number of hydrogen-bond acceptors (Lipinski definition) is 6. The van der Waals surface area contributed by atoms with Gasteiger partial charge in [-0.1, -0.05) is 36.9 Å². The van der Waals surface area contributed by atoms with Gasteiger partial charge in [0.25, 0.3) is 0 Å². The van der Waals surface area contributed by atoms with Crippen molar-refractivity contribution >= 4 is 33.2 Å². The van der Waals surface area contributed by atoms with Crippen LogP contribution in [0.3, 0.4) is 0 Å². The smallest absolute Gasteiger partial charge is 0.241 e. The molecule has 2 bridgehead atoms. The van der Waals surface area contributed by atoms with E-state index in [9.17, 15) is 17.6 Å². The number of sulfonamides is 1. The molecule has 5 atom stereocenters. The molecule has 2 aromatic rings. The lowest BCUT2D eigenvalue weighted by molar-refractivity contribution is -0.118. The zero-order chi connectivity index (χ0) is 29.1. The monoisotopic (exact) mass is 609 g/mol. The molecule has 3 heterocycles. The quantitative estimate of drug-likeness (QED) is 0.410. The summed E-state index contributed by atoms with van der Waals surface area (Å²) >= 11 is 5.92. The van der Waals surface area contributed by atoms with E-state index in [0.717, 1.165) is 44.7 Å². The lowest BCUT2D eigenvalue weighted by Gasteiger charge is -2.37. The molecule has 1 unspecified atom stereocenters. The second-order valence-electron chi connectivity index (χ2n) is 11.6. The summed E-state index contributed by atoms with van der Waals surface area (Å²) in [7, 11) is -3.38. The van der Waals surface area contributed by atoms with Crippen LogP contribution in [-0.4, -0.2) is 60.6 Å². The van der Waals surface area contributed by atoms with E-state index in [1.54, 1.807) is 10.4 Å². The first-order chi connectivity index (χ1) is 19.6. The van der Waals surface area contributed by atoms with Gasteiger partial charge in [-0.05, 0) is 62.1 Å². The molecule has 12 heteroatoms. The Bertz CT molecular complexity index is 1360. The van der Waals surface area contributed by atoms with Crippen LogP contribution in [-0.2, 0) is 21.2 Å². The molecule has 41 heavy (non-hydrogen) atoms. The van der Waals surface area contributed by atoms with Crippen LogP contribution in [0.4, 0.5) is 14.5 Å². The third-order valence-corrected chi connectivity index (χ3v) is 11.2. The normalized spacial score (nSPS) is 26.1. The number of pyridine rings is 1. The number of aromatic nitrogens is 1. The van der Waals surface area contributed by atoms with Crippen molar-refractivity contribution in [3.8, 4) is 0 Å². The minimum absolute atomic E-state index is 0.00121. The molecule has 5 rings (SSSR count). The number of halogens is 3. The highest BCUT2D eigenvalue weighted by Crippen LogP contribution is 2.39. The molecule has 2 aliphatic heterocycles. The Kier molecular flexibility index (Phi) is 9.60. The van der Waals surface area contributed by atoms with Crippen molar-refractivity contribution in [3.63, 3.8) is 0 Å². The number of hydrogen-bond donors (Lipinski definition) is 3. The summed E-state index contributed by atoms with van der Waals surface area (Å²) in [6.45, 7) is 0.905. The number of nitrogens with zero attached hydrogens (tertiary/aromatic N) is 2. The summed E-state index contributed by atoms with van der Waals surface area (Å²) in [5.74, 6) is -1.90. The van der Waals surface area contributed by atoms with Crippen molar-refractivity contribution in [1.82, 2.24) is 14.6 Å². The predicted molar refractivity (Wildman–Crippen MR) is 155 cm³/mol. The maximum Gasteiger partial charge on any atom is 0.241 e. The minimum Gasteiger partial charge on any atom is -0.323 e. The molecule has 3 fully saturated rings. The van der Waals surface area contributed by atoms with Crippen molar-refractivity contribution < 1.29 is 22.0 Å². The topological polar surface area (TPSA) is 117 Å². The Hall–Kier alpha value is -2.18. The number of nitrogens with one attached hydrogen (secondary N) is 2. The van der Waals surface area contributed by atoms with Crippen LogP contribution in [0.1, 0.15) is 68.4 Å². The number of fused-ring (bicyclic) bond motifs is 2. The van der Waals surface area contributed by atoms with E-state index in [0.29, 0.717) is 31.5 Å². The standard InChI is InChI=1S/C29H38ClF2N5O3S/c30-23-11-8-19(13-24(23)31)27(18-5-2-1-3-6-18)28(33)29(38)36-26-16-34-15-25(32)22(26)10-9-21-14-35-20-7-4-12-41(39,40)37(21)17-20/h8,11,13,15-16,18,20-21,27-28,35H,1-7,9-10,12,14,17,33H2,(H,36,38)/t20-,21+,27-,28+/m1/s1. The summed E-state index contributed by atoms with van der Waals surface area (Å²) in [6, 6.07) is 3.34. The first-order valence-corrected chi connectivity index (χ1v) is 16.5. The fraction of sp³-hybridized carbons (Fsp3) is 0.586.